The van der Waals surface area contributed by atoms with E-state index < -0.39 is 81.6 Å². The highest BCUT2D eigenvalue weighted by atomic mass is 32.2. The molecule has 1 aliphatic rings. The highest BCUT2D eigenvalue weighted by Crippen LogP contribution is 2.27. The van der Waals surface area contributed by atoms with E-state index in [0.29, 0.717) is 12.8 Å². The van der Waals surface area contributed by atoms with Crippen molar-refractivity contribution in [2.24, 2.45) is 10.8 Å². The number of alkyl halides is 2. The molecule has 2 rings (SSSR count). The second kappa shape index (κ2) is 16.7. The molecular formula is C32H52F2N6O6S. The van der Waals surface area contributed by atoms with E-state index in [-0.39, 0.29) is 26.1 Å². The van der Waals surface area contributed by atoms with Gasteiger partial charge in [0.15, 0.2) is 0 Å². The van der Waals surface area contributed by atoms with Gasteiger partial charge in [0, 0.05) is 39.1 Å². The smallest absolute Gasteiger partial charge is 0.315 e. The van der Waals surface area contributed by atoms with Crippen LogP contribution in [0.3, 0.4) is 0 Å². The summed E-state index contributed by atoms with van der Waals surface area (Å²) in [6.45, 7) is 11.2. The van der Waals surface area contributed by atoms with Crippen LogP contribution in [0.4, 0.5) is 13.6 Å². The van der Waals surface area contributed by atoms with Crippen molar-refractivity contribution < 1.29 is 36.4 Å². The van der Waals surface area contributed by atoms with Crippen LogP contribution in [0.25, 0.3) is 0 Å². The molecule has 4 atom stereocenters. The Balaban J connectivity index is 2.16. The van der Waals surface area contributed by atoms with Crippen LogP contribution in [0.15, 0.2) is 30.3 Å². The van der Waals surface area contributed by atoms with Gasteiger partial charge in [0.1, 0.15) is 18.1 Å². The van der Waals surface area contributed by atoms with Gasteiger partial charge < -0.3 is 26.2 Å². The molecule has 4 N–H and O–H groups in total. The van der Waals surface area contributed by atoms with E-state index in [1.54, 1.807) is 20.8 Å². The number of likely N-dealkylation sites (N-methyl/N-ethyl adjacent to an activating group) is 1. The number of sulfonamides is 1. The molecule has 1 heterocycles. The van der Waals surface area contributed by atoms with Crippen LogP contribution in [0.1, 0.15) is 66.4 Å². The molecule has 0 aliphatic carbocycles. The van der Waals surface area contributed by atoms with Crippen LogP contribution in [-0.4, -0.2) is 105 Å². The van der Waals surface area contributed by atoms with Crippen LogP contribution in [0.2, 0.25) is 0 Å². The van der Waals surface area contributed by atoms with Gasteiger partial charge >= 0.3 is 6.03 Å². The van der Waals surface area contributed by atoms with Gasteiger partial charge in [-0.15, -0.1) is 0 Å². The number of urea groups is 1. The van der Waals surface area contributed by atoms with E-state index in [9.17, 15) is 36.4 Å². The van der Waals surface area contributed by atoms with E-state index >= 15 is 0 Å². The summed E-state index contributed by atoms with van der Waals surface area (Å²) in [4.78, 5) is 54.8. The highest BCUT2D eigenvalue weighted by molar-refractivity contribution is 7.88. The first-order chi connectivity index (χ1) is 21.6. The maximum atomic E-state index is 13.9. The van der Waals surface area contributed by atoms with E-state index in [1.807, 2.05) is 51.1 Å². The van der Waals surface area contributed by atoms with Crippen LogP contribution in [-0.2, 0) is 30.8 Å². The van der Waals surface area contributed by atoms with E-state index in [0.717, 1.165) is 16.1 Å². The lowest BCUT2D eigenvalue weighted by atomic mass is 9.85. The van der Waals surface area contributed by atoms with Crippen LogP contribution >= 0.6 is 0 Å². The number of nitrogens with zero attached hydrogens (tertiary/aromatic N) is 2. The minimum absolute atomic E-state index is 0.00211. The lowest BCUT2D eigenvalue weighted by Crippen LogP contribution is -2.62. The third-order valence-corrected chi connectivity index (χ3v) is 9.47. The Hall–Kier alpha value is -3.33. The lowest BCUT2D eigenvalue weighted by molar-refractivity contribution is -0.142. The molecule has 1 fully saturated rings. The Bertz CT molecular complexity index is 1330. The number of rotatable bonds is 14. The summed E-state index contributed by atoms with van der Waals surface area (Å²) in [6.07, 6.45) is -1.49. The summed E-state index contributed by atoms with van der Waals surface area (Å²) in [5, 5.41) is 10.6. The number of hydrogen-bond donors (Lipinski definition) is 4. The van der Waals surface area contributed by atoms with Crippen molar-refractivity contribution in [2.45, 2.75) is 97.8 Å². The Morgan fingerprint density at radius 3 is 2.13 bits per heavy atom. The third kappa shape index (κ3) is 12.7. The van der Waals surface area contributed by atoms with Gasteiger partial charge in [0.05, 0.1) is 6.26 Å². The van der Waals surface area contributed by atoms with Gasteiger partial charge in [0.2, 0.25) is 34.2 Å². The first-order valence-corrected chi connectivity index (χ1v) is 17.6. The topological polar surface area (TPSA) is 157 Å². The van der Waals surface area contributed by atoms with E-state index in [4.69, 9.17) is 0 Å². The summed E-state index contributed by atoms with van der Waals surface area (Å²) in [5.41, 5.74) is -0.401. The van der Waals surface area contributed by atoms with Crippen molar-refractivity contribution >= 4 is 33.8 Å². The molecule has 47 heavy (non-hydrogen) atoms. The molecule has 1 aliphatic heterocycles. The number of nitrogens with one attached hydrogen (secondary N) is 4. The zero-order chi connectivity index (χ0) is 35.7. The molecule has 0 saturated carbocycles. The van der Waals surface area contributed by atoms with Gasteiger partial charge in [0.25, 0.3) is 0 Å². The molecule has 1 saturated heterocycles. The number of carbonyl (C=O) groups is 4. The zero-order valence-electron chi connectivity index (χ0n) is 28.7. The maximum Gasteiger partial charge on any atom is 0.315 e. The molecule has 0 spiro atoms. The number of amides is 5. The maximum absolute atomic E-state index is 13.9. The fourth-order valence-electron chi connectivity index (χ4n) is 5.15. The predicted molar refractivity (Wildman–Crippen MR) is 176 cm³/mol. The lowest BCUT2D eigenvalue weighted by Gasteiger charge is -2.37. The molecule has 1 aromatic rings. The monoisotopic (exact) mass is 686 g/mol. The summed E-state index contributed by atoms with van der Waals surface area (Å²) in [7, 11) is -2.11. The van der Waals surface area contributed by atoms with Gasteiger partial charge in [-0.25, -0.2) is 26.3 Å². The van der Waals surface area contributed by atoms with Gasteiger partial charge in [-0.05, 0) is 35.7 Å². The molecule has 15 heteroatoms. The van der Waals surface area contributed by atoms with Crippen molar-refractivity contribution in [1.82, 2.24) is 30.5 Å². The molecule has 12 nitrogen and oxygen atoms in total. The highest BCUT2D eigenvalue weighted by Gasteiger charge is 2.43. The summed E-state index contributed by atoms with van der Waals surface area (Å²) in [6, 6.07) is 4.37. The Morgan fingerprint density at radius 1 is 0.979 bits per heavy atom. The summed E-state index contributed by atoms with van der Waals surface area (Å²) >= 11 is 0. The van der Waals surface area contributed by atoms with Gasteiger partial charge in [-0.3, -0.25) is 14.4 Å². The fraction of sp³-hybridized carbons (Fsp3) is 0.688. The molecule has 1 aromatic carbocycles. The van der Waals surface area contributed by atoms with Crippen molar-refractivity contribution in [3.05, 3.63) is 35.9 Å². The Labute approximate surface area is 277 Å². The molecular weight excluding hydrogens is 634 g/mol. The van der Waals surface area contributed by atoms with Gasteiger partial charge in [-0.2, -0.15) is 0 Å². The van der Waals surface area contributed by atoms with Gasteiger partial charge in [-0.1, -0.05) is 71.9 Å². The second-order valence-corrected chi connectivity index (χ2v) is 16.4. The molecule has 0 bridgehead atoms. The largest absolute Gasteiger partial charge is 0.354 e. The van der Waals surface area contributed by atoms with Crippen LogP contribution in [0.5, 0.6) is 0 Å². The molecule has 0 aromatic heterocycles. The number of halogens is 2. The first kappa shape index (κ1) is 39.8. The summed E-state index contributed by atoms with van der Waals surface area (Å²) < 4.78 is 52.1. The minimum atomic E-state index is -3.52. The standard InChI is InChI=1S/C32H52F2N6O6S/c1-31(2,3)24(20-39(7)47(8,45)46)37-30(44)38-26(32(4,5)6)29(43)40-18-12-15-23(40)28(42)36-22(19-25(33)34)27(41)35-17-16-21-13-10-9-11-14-21/h9-11,13-14,22-26H,12,15-20H2,1-8H3,(H,35,41)(H,36,42)(H2,37,38,44)/t22-,23-,24+,26+/m0/s1. The average Bonchev–Trinajstić information content (AvgIpc) is 3.44. The zero-order valence-corrected chi connectivity index (χ0v) is 29.5. The van der Waals surface area contributed by atoms with Crippen molar-refractivity contribution in [2.75, 3.05) is 32.9 Å². The first-order valence-electron chi connectivity index (χ1n) is 15.8. The van der Waals surface area contributed by atoms with E-state index in [2.05, 4.69) is 21.3 Å². The van der Waals surface area contributed by atoms with Crippen LogP contribution < -0.4 is 21.3 Å². The predicted octanol–water partition coefficient (Wildman–Crippen LogP) is 2.50. The number of carbonyl (C=O) groups excluding carboxylic acids is 4. The quantitative estimate of drug-likeness (QED) is 0.236. The number of benzene rings is 1. The molecule has 0 unspecified atom stereocenters. The Morgan fingerprint density at radius 2 is 1.60 bits per heavy atom. The minimum Gasteiger partial charge on any atom is -0.354 e. The van der Waals surface area contributed by atoms with Crippen molar-refractivity contribution in [3.63, 3.8) is 0 Å². The van der Waals surface area contributed by atoms with Crippen molar-refractivity contribution in [1.29, 1.82) is 0 Å². The fourth-order valence-corrected chi connectivity index (χ4v) is 5.57. The molecule has 266 valence electrons. The average molecular weight is 687 g/mol. The van der Waals surface area contributed by atoms with Crippen LogP contribution in [0, 0.1) is 10.8 Å². The normalized spacial score (nSPS) is 17.6. The molecule has 5 amide bonds. The van der Waals surface area contributed by atoms with Crippen molar-refractivity contribution in [3.8, 4) is 0 Å². The number of hydrogen-bond acceptors (Lipinski definition) is 6. The summed E-state index contributed by atoms with van der Waals surface area (Å²) in [5.74, 6) is -2.01. The molecule has 0 radical (unpaired) electrons. The number of likely N-dealkylation sites (tertiary alicyclic amines) is 1. The SMILES string of the molecule is CN(C[C@@H](NC(=O)N[C@H](C(=O)N1CCC[C@H]1C(=O)N[C@@H](CC(F)F)C(=O)NCCc1ccccc1)C(C)(C)C)C(C)(C)C)S(C)(=O)=O. The third-order valence-electron chi connectivity index (χ3n) is 8.19. The Kier molecular flexibility index (Phi) is 14.1. The van der Waals surface area contributed by atoms with E-state index in [1.165, 1.54) is 11.9 Å². The second-order valence-electron chi connectivity index (χ2n) is 14.3.